The van der Waals surface area contributed by atoms with Gasteiger partial charge in [0.2, 0.25) is 0 Å². The molecular formula is C13H25NOSi. The van der Waals surface area contributed by atoms with Gasteiger partial charge in [0.15, 0.2) is 14.4 Å². The first-order valence-corrected chi connectivity index (χ1v) is 8.77. The Hall–Kier alpha value is -0.593. The summed E-state index contributed by atoms with van der Waals surface area (Å²) >= 11 is 0. The molecule has 0 aliphatic rings. The van der Waals surface area contributed by atoms with E-state index in [9.17, 15) is 0 Å². The number of hydrogen-bond donors (Lipinski definition) is 0. The van der Waals surface area contributed by atoms with Crippen molar-refractivity contribution in [1.29, 1.82) is 5.26 Å². The largest absolute Gasteiger partial charge is 0.398 e. The molecule has 0 saturated heterocycles. The van der Waals surface area contributed by atoms with Crippen LogP contribution in [0.5, 0.6) is 0 Å². The molecule has 0 rings (SSSR count). The minimum absolute atomic E-state index is 0.147. The first kappa shape index (κ1) is 15.4. The van der Waals surface area contributed by atoms with E-state index in [-0.39, 0.29) is 5.04 Å². The number of hydrogen-bond acceptors (Lipinski definition) is 2. The molecule has 0 fully saturated rings. The van der Waals surface area contributed by atoms with Crippen LogP contribution in [-0.2, 0) is 4.43 Å². The lowest BCUT2D eigenvalue weighted by Gasteiger charge is -2.37. The summed E-state index contributed by atoms with van der Waals surface area (Å²) < 4.78 is 5.99. The Morgan fingerprint density at radius 1 is 1.19 bits per heavy atom. The molecule has 92 valence electrons. The maximum atomic E-state index is 9.06. The zero-order valence-corrected chi connectivity index (χ0v) is 12.7. The minimum Gasteiger partial charge on any atom is -0.398 e. The Bertz CT molecular complexity index is 281. The SMILES string of the molecule is CC(C)/C=C/C(C#N)O[Si](C)(C)C(C)(C)C. The molecule has 3 heteroatoms. The van der Waals surface area contributed by atoms with Crippen molar-refractivity contribution in [2.75, 3.05) is 0 Å². The van der Waals surface area contributed by atoms with Crippen LogP contribution in [0.4, 0.5) is 0 Å². The van der Waals surface area contributed by atoms with Crippen LogP contribution in [0.2, 0.25) is 18.1 Å². The van der Waals surface area contributed by atoms with Crippen LogP contribution in [0, 0.1) is 17.2 Å². The van der Waals surface area contributed by atoms with Gasteiger partial charge in [0.05, 0.1) is 6.07 Å². The maximum absolute atomic E-state index is 9.06. The molecule has 0 spiro atoms. The molecule has 0 N–H and O–H groups in total. The lowest BCUT2D eigenvalue weighted by molar-refractivity contribution is 0.272. The van der Waals surface area contributed by atoms with Crippen LogP contribution in [0.1, 0.15) is 34.6 Å². The topological polar surface area (TPSA) is 33.0 Å². The van der Waals surface area contributed by atoms with E-state index in [1.165, 1.54) is 0 Å². The highest BCUT2D eigenvalue weighted by atomic mass is 28.4. The van der Waals surface area contributed by atoms with Crippen molar-refractivity contribution in [3.05, 3.63) is 12.2 Å². The Balaban J connectivity index is 4.63. The zero-order chi connectivity index (χ0) is 13.0. The quantitative estimate of drug-likeness (QED) is 0.546. The van der Waals surface area contributed by atoms with Gasteiger partial charge in [-0.3, -0.25) is 0 Å². The molecule has 0 aromatic heterocycles. The summed E-state index contributed by atoms with van der Waals surface area (Å²) in [5.41, 5.74) is 0. The second-order valence-electron chi connectivity index (χ2n) is 6.06. The molecule has 2 nitrogen and oxygen atoms in total. The predicted molar refractivity (Wildman–Crippen MR) is 71.7 cm³/mol. The van der Waals surface area contributed by atoms with Gasteiger partial charge in [-0.2, -0.15) is 5.26 Å². The van der Waals surface area contributed by atoms with Gasteiger partial charge in [0, 0.05) is 0 Å². The van der Waals surface area contributed by atoms with E-state index in [2.05, 4.69) is 53.8 Å². The molecule has 0 aromatic carbocycles. The fourth-order valence-electron chi connectivity index (χ4n) is 0.926. The Labute approximate surface area is 101 Å². The molecule has 1 unspecified atom stereocenters. The third-order valence-corrected chi connectivity index (χ3v) is 7.48. The van der Waals surface area contributed by atoms with Crippen LogP contribution in [0.15, 0.2) is 12.2 Å². The Morgan fingerprint density at radius 2 is 1.69 bits per heavy atom. The summed E-state index contributed by atoms with van der Waals surface area (Å²) in [4.78, 5) is 0. The van der Waals surface area contributed by atoms with Crippen molar-refractivity contribution >= 4 is 8.32 Å². The van der Waals surface area contributed by atoms with E-state index in [1.807, 2.05) is 12.2 Å². The monoisotopic (exact) mass is 239 g/mol. The summed E-state index contributed by atoms with van der Waals surface area (Å²) in [6, 6.07) is 2.21. The molecule has 1 atom stereocenters. The second-order valence-corrected chi connectivity index (χ2v) is 10.8. The molecule has 16 heavy (non-hydrogen) atoms. The molecule has 0 aliphatic carbocycles. The van der Waals surface area contributed by atoms with Crippen LogP contribution in [0.25, 0.3) is 0 Å². The van der Waals surface area contributed by atoms with Crippen LogP contribution < -0.4 is 0 Å². The van der Waals surface area contributed by atoms with E-state index < -0.39 is 14.4 Å². The second kappa shape index (κ2) is 5.65. The number of rotatable bonds is 4. The smallest absolute Gasteiger partial charge is 0.194 e. The van der Waals surface area contributed by atoms with Gasteiger partial charge in [0.25, 0.3) is 0 Å². The van der Waals surface area contributed by atoms with Crippen LogP contribution in [-0.4, -0.2) is 14.4 Å². The van der Waals surface area contributed by atoms with Crippen molar-refractivity contribution in [3.63, 3.8) is 0 Å². The van der Waals surface area contributed by atoms with E-state index in [0.717, 1.165) is 0 Å². The number of nitrogens with zero attached hydrogens (tertiary/aromatic N) is 1. The summed E-state index contributed by atoms with van der Waals surface area (Å²) in [5, 5.41) is 9.21. The van der Waals surface area contributed by atoms with Gasteiger partial charge in [-0.1, -0.05) is 40.7 Å². The van der Waals surface area contributed by atoms with E-state index in [0.29, 0.717) is 5.92 Å². The van der Waals surface area contributed by atoms with Gasteiger partial charge < -0.3 is 4.43 Å². The fraction of sp³-hybridized carbons (Fsp3) is 0.769. The molecule has 0 radical (unpaired) electrons. The third kappa shape index (κ3) is 4.96. The highest BCUT2D eigenvalue weighted by molar-refractivity contribution is 6.74. The van der Waals surface area contributed by atoms with Gasteiger partial charge in [-0.15, -0.1) is 0 Å². The van der Waals surface area contributed by atoms with Crippen molar-refractivity contribution in [2.24, 2.45) is 5.92 Å². The number of nitriles is 1. The van der Waals surface area contributed by atoms with Crippen molar-refractivity contribution in [2.45, 2.75) is 58.9 Å². The van der Waals surface area contributed by atoms with E-state index in [4.69, 9.17) is 9.69 Å². The lowest BCUT2D eigenvalue weighted by Crippen LogP contribution is -2.43. The third-order valence-electron chi connectivity index (χ3n) is 3.03. The molecule has 0 aliphatic heterocycles. The first-order valence-electron chi connectivity index (χ1n) is 5.86. The van der Waals surface area contributed by atoms with Crippen molar-refractivity contribution in [1.82, 2.24) is 0 Å². The van der Waals surface area contributed by atoms with Gasteiger partial charge >= 0.3 is 0 Å². The lowest BCUT2D eigenvalue weighted by atomic mass is 10.2. The average molecular weight is 239 g/mol. The van der Waals surface area contributed by atoms with Crippen molar-refractivity contribution in [3.8, 4) is 6.07 Å². The zero-order valence-electron chi connectivity index (χ0n) is 11.7. The average Bonchev–Trinajstić information content (AvgIpc) is 2.09. The molecule has 0 saturated carbocycles. The standard InChI is InChI=1S/C13H25NOSi/c1-11(2)8-9-12(10-14)15-16(6,7)13(3,4)5/h8-9,11-12H,1-7H3/b9-8+. The molecule has 0 bridgehead atoms. The van der Waals surface area contributed by atoms with Gasteiger partial charge in [0.1, 0.15) is 0 Å². The normalized spacial score (nSPS) is 15.4. The Kier molecular flexibility index (Phi) is 5.44. The first-order chi connectivity index (χ1) is 7.10. The Morgan fingerprint density at radius 3 is 2.00 bits per heavy atom. The van der Waals surface area contributed by atoms with Gasteiger partial charge in [-0.05, 0) is 30.1 Å². The number of allylic oxidation sites excluding steroid dienone is 1. The summed E-state index contributed by atoms with van der Waals surface area (Å²) in [6.07, 6.45) is 3.51. The minimum atomic E-state index is -1.83. The highest BCUT2D eigenvalue weighted by Crippen LogP contribution is 2.37. The molecular weight excluding hydrogens is 214 g/mol. The van der Waals surface area contributed by atoms with Crippen molar-refractivity contribution < 1.29 is 4.43 Å². The van der Waals surface area contributed by atoms with Crippen LogP contribution in [0.3, 0.4) is 0 Å². The predicted octanol–water partition coefficient (Wildman–Crippen LogP) is 4.11. The van der Waals surface area contributed by atoms with E-state index in [1.54, 1.807) is 0 Å². The highest BCUT2D eigenvalue weighted by Gasteiger charge is 2.38. The van der Waals surface area contributed by atoms with Gasteiger partial charge in [-0.25, -0.2) is 0 Å². The summed E-state index contributed by atoms with van der Waals surface area (Å²) in [5.74, 6) is 0.457. The fourth-order valence-corrected chi connectivity index (χ4v) is 2.05. The maximum Gasteiger partial charge on any atom is 0.194 e. The summed E-state index contributed by atoms with van der Waals surface area (Å²) in [7, 11) is -1.83. The molecule has 0 aromatic rings. The summed E-state index contributed by atoms with van der Waals surface area (Å²) in [6.45, 7) is 15.1. The van der Waals surface area contributed by atoms with Crippen LogP contribution >= 0.6 is 0 Å². The molecule has 0 heterocycles. The van der Waals surface area contributed by atoms with E-state index >= 15 is 0 Å². The molecule has 0 amide bonds.